The van der Waals surface area contributed by atoms with Gasteiger partial charge in [-0.15, -0.1) is 23.5 Å². The lowest BCUT2D eigenvalue weighted by Crippen LogP contribution is -2.00. The van der Waals surface area contributed by atoms with Gasteiger partial charge in [-0.3, -0.25) is 0 Å². The Balaban J connectivity index is 2.24. The maximum absolute atomic E-state index is 2.30. The molecule has 0 unspecified atom stereocenters. The average Bonchev–Trinajstić information content (AvgIpc) is 2.12. The van der Waals surface area contributed by atoms with Crippen LogP contribution < -0.4 is 0 Å². The molecule has 1 saturated heterocycles. The predicted octanol–water partition coefficient (Wildman–Crippen LogP) is 2.45. The normalized spacial score (nSPS) is 22.9. The Bertz CT molecular complexity index is 64.9. The zero-order valence-corrected chi connectivity index (χ0v) is 7.02. The minimum atomic E-state index is 0.868. The van der Waals surface area contributed by atoms with Crippen molar-refractivity contribution in [2.75, 3.05) is 11.5 Å². The molecule has 0 bridgehead atoms. The van der Waals surface area contributed by atoms with E-state index in [1.807, 2.05) is 0 Å². The largest absolute Gasteiger partial charge is 0.147 e. The average molecular weight is 148 g/mol. The van der Waals surface area contributed by atoms with Gasteiger partial charge < -0.3 is 0 Å². The monoisotopic (exact) mass is 148 g/mol. The Morgan fingerprint density at radius 1 is 1.25 bits per heavy atom. The van der Waals surface area contributed by atoms with Crippen molar-refractivity contribution in [3.05, 3.63) is 0 Å². The van der Waals surface area contributed by atoms with E-state index in [1.54, 1.807) is 0 Å². The first-order chi connectivity index (χ1) is 3.80. The van der Waals surface area contributed by atoms with Crippen molar-refractivity contribution in [1.82, 2.24) is 0 Å². The molecular formula is C6H12S2. The van der Waals surface area contributed by atoms with Crippen LogP contribution in [0.1, 0.15) is 13.8 Å². The van der Waals surface area contributed by atoms with Crippen LogP contribution >= 0.6 is 23.5 Å². The van der Waals surface area contributed by atoms with E-state index in [4.69, 9.17) is 0 Å². The van der Waals surface area contributed by atoms with E-state index in [0.29, 0.717) is 0 Å². The smallest absolute Gasteiger partial charge is 0.0525 e. The predicted molar refractivity (Wildman–Crippen MR) is 43.5 cm³/mol. The second-order valence-electron chi connectivity index (χ2n) is 2.35. The Hall–Kier alpha value is 0.700. The highest BCUT2D eigenvalue weighted by molar-refractivity contribution is 8.20. The number of hydrogen-bond acceptors (Lipinski definition) is 2. The summed E-state index contributed by atoms with van der Waals surface area (Å²) in [4.78, 5) is 0. The topological polar surface area (TPSA) is 0 Å². The van der Waals surface area contributed by atoms with Crippen LogP contribution in [0, 0.1) is 5.92 Å². The van der Waals surface area contributed by atoms with E-state index in [9.17, 15) is 0 Å². The molecule has 0 atom stereocenters. The summed E-state index contributed by atoms with van der Waals surface area (Å²) < 4.78 is 0.898. The van der Waals surface area contributed by atoms with Crippen molar-refractivity contribution in [1.29, 1.82) is 0 Å². The lowest BCUT2D eigenvalue weighted by Gasteiger charge is -2.10. The molecule has 0 aromatic carbocycles. The van der Waals surface area contributed by atoms with Gasteiger partial charge in [-0.2, -0.15) is 0 Å². The first-order valence-corrected chi connectivity index (χ1v) is 5.13. The summed E-state index contributed by atoms with van der Waals surface area (Å²) in [5.41, 5.74) is 0. The highest BCUT2D eigenvalue weighted by Crippen LogP contribution is 2.36. The standard InChI is InChI=1S/C6H12S2/c1-5(2)6-7-3-4-8-6/h5-6H,3-4H2,1-2H3. The van der Waals surface area contributed by atoms with Gasteiger partial charge in [0.05, 0.1) is 4.58 Å². The van der Waals surface area contributed by atoms with Crippen molar-refractivity contribution in [2.45, 2.75) is 18.4 Å². The Morgan fingerprint density at radius 2 is 1.75 bits per heavy atom. The Labute approximate surface area is 59.8 Å². The Kier molecular flexibility index (Phi) is 2.57. The quantitative estimate of drug-likeness (QED) is 0.560. The highest BCUT2D eigenvalue weighted by Gasteiger charge is 2.18. The van der Waals surface area contributed by atoms with Crippen molar-refractivity contribution in [3.63, 3.8) is 0 Å². The molecule has 1 rings (SSSR count). The molecule has 1 aliphatic rings. The molecule has 1 fully saturated rings. The van der Waals surface area contributed by atoms with Gasteiger partial charge in [-0.05, 0) is 5.92 Å². The van der Waals surface area contributed by atoms with E-state index in [2.05, 4.69) is 37.4 Å². The second-order valence-corrected chi connectivity index (χ2v) is 5.15. The van der Waals surface area contributed by atoms with Crippen LogP contribution in [0.5, 0.6) is 0 Å². The summed E-state index contributed by atoms with van der Waals surface area (Å²) in [5, 5.41) is 0. The summed E-state index contributed by atoms with van der Waals surface area (Å²) in [6.07, 6.45) is 0. The number of thioether (sulfide) groups is 2. The number of rotatable bonds is 1. The third-order valence-corrected chi connectivity index (χ3v) is 4.89. The first kappa shape index (κ1) is 6.81. The first-order valence-electron chi connectivity index (χ1n) is 3.04. The third-order valence-electron chi connectivity index (χ3n) is 1.19. The van der Waals surface area contributed by atoms with Gasteiger partial charge >= 0.3 is 0 Å². The molecule has 0 nitrogen and oxygen atoms in total. The van der Waals surface area contributed by atoms with Crippen LogP contribution in [0.25, 0.3) is 0 Å². The van der Waals surface area contributed by atoms with Crippen LogP contribution in [0.15, 0.2) is 0 Å². The minimum Gasteiger partial charge on any atom is -0.147 e. The molecule has 1 heterocycles. The zero-order valence-electron chi connectivity index (χ0n) is 5.39. The second kappa shape index (κ2) is 3.02. The molecule has 0 spiro atoms. The molecule has 2 heteroatoms. The van der Waals surface area contributed by atoms with Gasteiger partial charge in [0, 0.05) is 11.5 Å². The van der Waals surface area contributed by atoms with Gasteiger partial charge in [0.15, 0.2) is 0 Å². The highest BCUT2D eigenvalue weighted by atomic mass is 32.2. The van der Waals surface area contributed by atoms with Crippen LogP contribution in [0.3, 0.4) is 0 Å². The molecule has 0 aliphatic carbocycles. The third kappa shape index (κ3) is 1.59. The van der Waals surface area contributed by atoms with Crippen LogP contribution in [-0.4, -0.2) is 16.1 Å². The molecule has 0 aromatic rings. The Morgan fingerprint density at radius 3 is 2.00 bits per heavy atom. The molecule has 0 saturated carbocycles. The van der Waals surface area contributed by atoms with Crippen LogP contribution in [0.4, 0.5) is 0 Å². The van der Waals surface area contributed by atoms with Crippen molar-refractivity contribution >= 4 is 23.5 Å². The fourth-order valence-electron chi connectivity index (χ4n) is 0.762. The summed E-state index contributed by atoms with van der Waals surface area (Å²) in [6.45, 7) is 4.60. The van der Waals surface area contributed by atoms with E-state index in [-0.39, 0.29) is 0 Å². The van der Waals surface area contributed by atoms with Gasteiger partial charge in [0.2, 0.25) is 0 Å². The molecular weight excluding hydrogens is 136 g/mol. The summed E-state index contributed by atoms with van der Waals surface area (Å²) >= 11 is 4.23. The summed E-state index contributed by atoms with van der Waals surface area (Å²) in [5.74, 6) is 3.61. The van der Waals surface area contributed by atoms with E-state index < -0.39 is 0 Å². The molecule has 1 aliphatic heterocycles. The molecule has 0 aromatic heterocycles. The summed E-state index contributed by atoms with van der Waals surface area (Å²) in [6, 6.07) is 0. The maximum atomic E-state index is 2.30. The van der Waals surface area contributed by atoms with Gasteiger partial charge in [-0.1, -0.05) is 13.8 Å². The van der Waals surface area contributed by atoms with Crippen LogP contribution in [-0.2, 0) is 0 Å². The van der Waals surface area contributed by atoms with Crippen molar-refractivity contribution in [3.8, 4) is 0 Å². The van der Waals surface area contributed by atoms with E-state index in [0.717, 1.165) is 10.5 Å². The van der Waals surface area contributed by atoms with Crippen LogP contribution in [0.2, 0.25) is 0 Å². The molecule has 0 radical (unpaired) electrons. The number of hydrogen-bond donors (Lipinski definition) is 0. The molecule has 0 N–H and O–H groups in total. The van der Waals surface area contributed by atoms with Gasteiger partial charge in [-0.25, -0.2) is 0 Å². The lowest BCUT2D eigenvalue weighted by molar-refractivity contribution is 0.723. The fourth-order valence-corrected chi connectivity index (χ4v) is 3.73. The van der Waals surface area contributed by atoms with Gasteiger partial charge in [0.25, 0.3) is 0 Å². The van der Waals surface area contributed by atoms with E-state index in [1.165, 1.54) is 11.5 Å². The zero-order chi connectivity index (χ0) is 5.98. The lowest BCUT2D eigenvalue weighted by atomic mass is 10.3. The fraction of sp³-hybridized carbons (Fsp3) is 1.00. The summed E-state index contributed by atoms with van der Waals surface area (Å²) in [7, 11) is 0. The minimum absolute atomic E-state index is 0.868. The van der Waals surface area contributed by atoms with E-state index >= 15 is 0 Å². The molecule has 0 amide bonds. The van der Waals surface area contributed by atoms with Crippen molar-refractivity contribution < 1.29 is 0 Å². The van der Waals surface area contributed by atoms with Crippen molar-refractivity contribution in [2.24, 2.45) is 5.92 Å². The molecule has 8 heavy (non-hydrogen) atoms. The van der Waals surface area contributed by atoms with Gasteiger partial charge in [0.1, 0.15) is 0 Å². The molecule has 48 valence electrons. The SMILES string of the molecule is CC(C)C1SCCS1. The maximum Gasteiger partial charge on any atom is 0.0525 e.